The largest absolute Gasteiger partial charge is 0.497 e. The van der Waals surface area contributed by atoms with Crippen LogP contribution in [0.1, 0.15) is 37.3 Å². The summed E-state index contributed by atoms with van der Waals surface area (Å²) in [4.78, 5) is 6.91. The minimum atomic E-state index is 0.376. The van der Waals surface area contributed by atoms with Crippen molar-refractivity contribution in [2.75, 3.05) is 33.8 Å². The van der Waals surface area contributed by atoms with Crippen molar-refractivity contribution in [2.24, 2.45) is 4.99 Å². The molecule has 1 unspecified atom stereocenters. The first-order valence-electron chi connectivity index (χ1n) is 8.65. The van der Waals surface area contributed by atoms with Gasteiger partial charge in [0.15, 0.2) is 5.96 Å². The molecule has 5 nitrogen and oxygen atoms in total. The first-order valence-corrected chi connectivity index (χ1v) is 8.65. The molecule has 2 aliphatic rings. The molecule has 0 amide bonds. The molecular weight excluding hydrogens is 288 g/mol. The van der Waals surface area contributed by atoms with E-state index in [-0.39, 0.29) is 0 Å². The molecule has 1 saturated carbocycles. The third-order valence-corrected chi connectivity index (χ3v) is 4.69. The maximum absolute atomic E-state index is 5.28. The third kappa shape index (κ3) is 4.38. The molecule has 126 valence electrons. The Morgan fingerprint density at radius 1 is 1.26 bits per heavy atom. The van der Waals surface area contributed by atoms with E-state index in [1.807, 2.05) is 7.05 Å². The predicted octanol–water partition coefficient (Wildman–Crippen LogP) is 2.16. The number of hydrogen-bond donors (Lipinski definition) is 2. The second-order valence-electron chi connectivity index (χ2n) is 6.40. The van der Waals surface area contributed by atoms with Gasteiger partial charge in [0, 0.05) is 19.6 Å². The Balaban J connectivity index is 1.66. The highest BCUT2D eigenvalue weighted by atomic mass is 16.5. The Kier molecular flexibility index (Phi) is 5.39. The van der Waals surface area contributed by atoms with Crippen LogP contribution in [0.15, 0.2) is 29.3 Å². The molecule has 1 aromatic carbocycles. The SMILES string of the molecule is CN=C(NCC(c1ccc(OC)cc1)N1CCCC1)NC1CC1. The van der Waals surface area contributed by atoms with Gasteiger partial charge >= 0.3 is 0 Å². The van der Waals surface area contributed by atoms with E-state index in [1.54, 1.807) is 7.11 Å². The van der Waals surface area contributed by atoms with Gasteiger partial charge in [0.05, 0.1) is 13.2 Å². The van der Waals surface area contributed by atoms with Gasteiger partial charge in [0.25, 0.3) is 0 Å². The second-order valence-corrected chi connectivity index (χ2v) is 6.40. The lowest BCUT2D eigenvalue weighted by atomic mass is 10.1. The van der Waals surface area contributed by atoms with Gasteiger partial charge in [-0.05, 0) is 56.5 Å². The fourth-order valence-corrected chi connectivity index (χ4v) is 3.15. The zero-order chi connectivity index (χ0) is 16.1. The van der Waals surface area contributed by atoms with Crippen LogP contribution in [-0.2, 0) is 0 Å². The van der Waals surface area contributed by atoms with Crippen LogP contribution in [0.2, 0.25) is 0 Å². The molecule has 2 N–H and O–H groups in total. The molecule has 0 radical (unpaired) electrons. The summed E-state index contributed by atoms with van der Waals surface area (Å²) in [6, 6.07) is 9.46. The average molecular weight is 316 g/mol. The minimum absolute atomic E-state index is 0.376. The molecule has 1 atom stereocenters. The highest BCUT2D eigenvalue weighted by Crippen LogP contribution is 2.26. The van der Waals surface area contributed by atoms with Gasteiger partial charge in [0.2, 0.25) is 0 Å². The molecule has 1 aliphatic heterocycles. The molecule has 2 fully saturated rings. The summed E-state index contributed by atoms with van der Waals surface area (Å²) in [6.45, 7) is 3.22. The van der Waals surface area contributed by atoms with Crippen LogP contribution < -0.4 is 15.4 Å². The molecule has 23 heavy (non-hydrogen) atoms. The predicted molar refractivity (Wildman–Crippen MR) is 94.1 cm³/mol. The van der Waals surface area contributed by atoms with Crippen molar-refractivity contribution in [3.8, 4) is 5.75 Å². The van der Waals surface area contributed by atoms with Crippen LogP contribution >= 0.6 is 0 Å². The average Bonchev–Trinajstić information content (AvgIpc) is 3.25. The number of nitrogens with zero attached hydrogens (tertiary/aromatic N) is 2. The van der Waals surface area contributed by atoms with E-state index in [4.69, 9.17) is 4.74 Å². The van der Waals surface area contributed by atoms with Crippen LogP contribution in [0.3, 0.4) is 0 Å². The van der Waals surface area contributed by atoms with Gasteiger partial charge in [-0.2, -0.15) is 0 Å². The lowest BCUT2D eigenvalue weighted by molar-refractivity contribution is 0.245. The number of guanidine groups is 1. The van der Waals surface area contributed by atoms with E-state index in [9.17, 15) is 0 Å². The monoisotopic (exact) mass is 316 g/mol. The van der Waals surface area contributed by atoms with E-state index in [0.29, 0.717) is 12.1 Å². The summed E-state index contributed by atoms with van der Waals surface area (Å²) < 4.78 is 5.28. The number of benzene rings is 1. The van der Waals surface area contributed by atoms with Crippen LogP contribution in [0.4, 0.5) is 0 Å². The van der Waals surface area contributed by atoms with E-state index < -0.39 is 0 Å². The third-order valence-electron chi connectivity index (χ3n) is 4.69. The number of likely N-dealkylation sites (tertiary alicyclic amines) is 1. The molecule has 0 bridgehead atoms. The van der Waals surface area contributed by atoms with Gasteiger partial charge in [-0.15, -0.1) is 0 Å². The first kappa shape index (κ1) is 16.1. The van der Waals surface area contributed by atoms with Crippen LogP contribution in [-0.4, -0.2) is 50.7 Å². The Hall–Kier alpha value is -1.75. The van der Waals surface area contributed by atoms with Gasteiger partial charge in [0.1, 0.15) is 5.75 Å². The number of methoxy groups -OCH3 is 1. The molecular formula is C18H28N4O. The number of rotatable bonds is 6. The molecule has 3 rings (SSSR count). The van der Waals surface area contributed by atoms with Crippen LogP contribution in [0.5, 0.6) is 5.75 Å². The van der Waals surface area contributed by atoms with E-state index >= 15 is 0 Å². The van der Waals surface area contributed by atoms with E-state index in [0.717, 1.165) is 18.3 Å². The standard InChI is InChI=1S/C18H28N4O/c1-19-18(21-15-7-8-15)20-13-17(22-11-3-4-12-22)14-5-9-16(23-2)10-6-14/h5-6,9-10,15,17H,3-4,7-8,11-13H2,1-2H3,(H2,19,20,21). The number of aliphatic imine (C=N–C) groups is 1. The summed E-state index contributed by atoms with van der Waals surface area (Å²) in [5.41, 5.74) is 1.34. The minimum Gasteiger partial charge on any atom is -0.497 e. The molecule has 5 heteroatoms. The highest BCUT2D eigenvalue weighted by molar-refractivity contribution is 5.80. The summed E-state index contributed by atoms with van der Waals surface area (Å²) in [6.07, 6.45) is 5.10. The zero-order valence-electron chi connectivity index (χ0n) is 14.2. The van der Waals surface area contributed by atoms with Crippen LogP contribution in [0, 0.1) is 0 Å². The summed E-state index contributed by atoms with van der Waals surface area (Å²) in [7, 11) is 3.55. The van der Waals surface area contributed by atoms with Crippen LogP contribution in [0.25, 0.3) is 0 Å². The number of ether oxygens (including phenoxy) is 1. The van der Waals surface area contributed by atoms with Crippen molar-refractivity contribution in [3.05, 3.63) is 29.8 Å². The fraction of sp³-hybridized carbons (Fsp3) is 0.611. The Morgan fingerprint density at radius 3 is 2.52 bits per heavy atom. The Bertz CT molecular complexity index is 518. The zero-order valence-corrected chi connectivity index (χ0v) is 14.2. The smallest absolute Gasteiger partial charge is 0.191 e. The molecule has 0 aromatic heterocycles. The summed E-state index contributed by atoms with van der Waals surface area (Å²) in [5, 5.41) is 6.97. The van der Waals surface area contributed by atoms with Crippen molar-refractivity contribution >= 4 is 5.96 Å². The maximum Gasteiger partial charge on any atom is 0.191 e. The van der Waals surface area contributed by atoms with Crippen molar-refractivity contribution < 1.29 is 4.74 Å². The van der Waals surface area contributed by atoms with Crippen molar-refractivity contribution in [1.29, 1.82) is 0 Å². The van der Waals surface area contributed by atoms with Gasteiger partial charge in [-0.25, -0.2) is 0 Å². The summed E-state index contributed by atoms with van der Waals surface area (Å²) in [5.74, 6) is 1.83. The van der Waals surface area contributed by atoms with Crippen molar-refractivity contribution in [2.45, 2.75) is 37.8 Å². The van der Waals surface area contributed by atoms with Gasteiger partial charge in [-0.3, -0.25) is 9.89 Å². The topological polar surface area (TPSA) is 48.9 Å². The first-order chi connectivity index (χ1) is 11.3. The lowest BCUT2D eigenvalue weighted by Crippen LogP contribution is -2.43. The number of hydrogen-bond acceptors (Lipinski definition) is 3. The number of nitrogens with one attached hydrogen (secondary N) is 2. The highest BCUT2D eigenvalue weighted by Gasteiger charge is 2.25. The second kappa shape index (κ2) is 7.68. The van der Waals surface area contributed by atoms with E-state index in [1.165, 1.54) is 44.3 Å². The Labute approximate surface area is 139 Å². The normalized spacial score (nSPS) is 20.3. The van der Waals surface area contributed by atoms with Crippen molar-refractivity contribution in [1.82, 2.24) is 15.5 Å². The molecule has 1 saturated heterocycles. The van der Waals surface area contributed by atoms with Gasteiger partial charge < -0.3 is 15.4 Å². The fourth-order valence-electron chi connectivity index (χ4n) is 3.15. The quantitative estimate of drug-likeness (QED) is 0.624. The maximum atomic E-state index is 5.28. The molecule has 1 heterocycles. The van der Waals surface area contributed by atoms with E-state index in [2.05, 4.69) is 44.8 Å². The van der Waals surface area contributed by atoms with Gasteiger partial charge in [-0.1, -0.05) is 12.1 Å². The lowest BCUT2D eigenvalue weighted by Gasteiger charge is -2.29. The molecule has 1 aromatic rings. The van der Waals surface area contributed by atoms with Crippen molar-refractivity contribution in [3.63, 3.8) is 0 Å². The molecule has 0 spiro atoms. The molecule has 1 aliphatic carbocycles. The Morgan fingerprint density at radius 2 is 1.96 bits per heavy atom. The summed E-state index contributed by atoms with van der Waals surface area (Å²) >= 11 is 0.